The van der Waals surface area contributed by atoms with Gasteiger partial charge in [-0.25, -0.2) is 0 Å². The van der Waals surface area contributed by atoms with E-state index in [4.69, 9.17) is 33.0 Å². The first-order chi connectivity index (χ1) is 16.7. The van der Waals surface area contributed by atoms with Gasteiger partial charge in [-0.1, -0.05) is 48.3 Å². The lowest BCUT2D eigenvalue weighted by Gasteiger charge is -2.40. The van der Waals surface area contributed by atoms with E-state index in [2.05, 4.69) is 27.9 Å². The number of para-hydroxylation sites is 1. The number of aliphatic hydroxyl groups is 2. The third kappa shape index (κ3) is 7.10. The van der Waals surface area contributed by atoms with Gasteiger partial charge in [0, 0.05) is 31.5 Å². The summed E-state index contributed by atoms with van der Waals surface area (Å²) in [5.74, 6) is -0.0158. The van der Waals surface area contributed by atoms with Crippen molar-refractivity contribution in [3.8, 4) is 5.75 Å². The Bertz CT molecular complexity index is 1100. The lowest BCUT2D eigenvalue weighted by molar-refractivity contribution is -0.139. The van der Waals surface area contributed by atoms with Crippen LogP contribution in [0.1, 0.15) is 25.3 Å². The molecule has 0 unspecified atom stereocenters. The summed E-state index contributed by atoms with van der Waals surface area (Å²) in [4.78, 5) is 27.4. The molecule has 1 aliphatic carbocycles. The number of halogens is 3. The summed E-state index contributed by atoms with van der Waals surface area (Å²) in [6, 6.07) is 11.7. The van der Waals surface area contributed by atoms with Crippen molar-refractivity contribution in [2.45, 2.75) is 44.6 Å². The van der Waals surface area contributed by atoms with Crippen LogP contribution in [0.15, 0.2) is 54.1 Å². The van der Waals surface area contributed by atoms with Gasteiger partial charge in [0.25, 0.3) is 0 Å². The number of hydrogen-bond donors (Lipinski definition) is 3. The van der Waals surface area contributed by atoms with Gasteiger partial charge >= 0.3 is 0 Å². The molecular weight excluding hydrogens is 606 g/mol. The van der Waals surface area contributed by atoms with Gasteiger partial charge in [0.05, 0.1) is 26.3 Å². The van der Waals surface area contributed by atoms with E-state index in [9.17, 15) is 14.7 Å². The molecule has 0 spiro atoms. The number of carbonyl (C=O) groups is 2. The van der Waals surface area contributed by atoms with E-state index < -0.39 is 18.2 Å². The van der Waals surface area contributed by atoms with Crippen molar-refractivity contribution in [3.63, 3.8) is 0 Å². The van der Waals surface area contributed by atoms with E-state index in [-0.39, 0.29) is 44.4 Å². The van der Waals surface area contributed by atoms with Crippen LogP contribution in [0.5, 0.6) is 5.75 Å². The maximum Gasteiger partial charge on any atom is 0.247 e. The van der Waals surface area contributed by atoms with Crippen molar-refractivity contribution in [3.05, 3.63) is 73.3 Å². The van der Waals surface area contributed by atoms with E-state index in [1.807, 2.05) is 18.2 Å². The molecule has 3 rings (SSSR count). The Balaban J connectivity index is 1.96. The summed E-state index contributed by atoms with van der Waals surface area (Å²) >= 11 is 14.4. The second-order valence-corrected chi connectivity index (χ2v) is 10.0. The van der Waals surface area contributed by atoms with Gasteiger partial charge in [-0.05, 0) is 58.5 Å². The van der Waals surface area contributed by atoms with Gasteiger partial charge in [0.15, 0.2) is 0 Å². The molecule has 10 heteroatoms. The number of carbonyl (C=O) groups excluding carboxylic acids is 2. The summed E-state index contributed by atoms with van der Waals surface area (Å²) in [6.45, 7) is 1.80. The highest BCUT2D eigenvalue weighted by atomic mass is 127. The van der Waals surface area contributed by atoms with Crippen LogP contribution in [0.2, 0.25) is 10.0 Å². The van der Waals surface area contributed by atoms with Gasteiger partial charge < -0.3 is 25.2 Å². The number of aliphatic hydroxyl groups excluding tert-OH is 2. The van der Waals surface area contributed by atoms with E-state index >= 15 is 0 Å². The molecule has 0 saturated heterocycles. The van der Waals surface area contributed by atoms with Crippen molar-refractivity contribution in [1.82, 2.24) is 10.2 Å². The Morgan fingerprint density at radius 2 is 1.94 bits per heavy atom. The van der Waals surface area contributed by atoms with Crippen molar-refractivity contribution < 1.29 is 24.5 Å². The molecule has 3 N–H and O–H groups in total. The molecule has 0 saturated carbocycles. The van der Waals surface area contributed by atoms with Crippen molar-refractivity contribution in [2.24, 2.45) is 0 Å². The zero-order valence-corrected chi connectivity index (χ0v) is 22.8. The van der Waals surface area contributed by atoms with Crippen molar-refractivity contribution in [1.29, 1.82) is 0 Å². The van der Waals surface area contributed by atoms with Gasteiger partial charge in [0.2, 0.25) is 11.8 Å². The summed E-state index contributed by atoms with van der Waals surface area (Å²) in [6.07, 6.45) is -0.0520. The van der Waals surface area contributed by atoms with Crippen LogP contribution in [0.25, 0.3) is 0 Å². The molecule has 2 aromatic carbocycles. The Hall–Kier alpha value is -1.85. The third-order valence-corrected chi connectivity index (χ3v) is 7.30. The molecule has 0 aromatic heterocycles. The molecular formula is C25H27Cl2IN2O5. The Morgan fingerprint density at radius 3 is 2.60 bits per heavy atom. The van der Waals surface area contributed by atoms with Gasteiger partial charge in [-0.2, -0.15) is 0 Å². The monoisotopic (exact) mass is 632 g/mol. The topological polar surface area (TPSA) is 99.1 Å². The fraction of sp³-hybridized carbons (Fsp3) is 0.360. The summed E-state index contributed by atoms with van der Waals surface area (Å²) in [5, 5.41) is 23.9. The van der Waals surface area contributed by atoms with E-state index in [1.165, 1.54) is 0 Å². The first-order valence-electron chi connectivity index (χ1n) is 11.2. The van der Waals surface area contributed by atoms with Crippen LogP contribution in [0.3, 0.4) is 0 Å². The number of hydrogen-bond acceptors (Lipinski definition) is 5. The van der Waals surface area contributed by atoms with Gasteiger partial charge in [-0.3, -0.25) is 9.59 Å². The number of ether oxygens (including phenoxy) is 1. The minimum absolute atomic E-state index is 0.0897. The van der Waals surface area contributed by atoms with Crippen LogP contribution < -0.4 is 10.1 Å². The molecule has 0 fully saturated rings. The minimum Gasteiger partial charge on any atom is -0.482 e. The van der Waals surface area contributed by atoms with Crippen LogP contribution >= 0.6 is 45.8 Å². The second kappa shape index (κ2) is 12.9. The predicted octanol–water partition coefficient (Wildman–Crippen LogP) is 3.95. The fourth-order valence-electron chi connectivity index (χ4n) is 3.89. The normalized spacial score (nSPS) is 19.6. The van der Waals surface area contributed by atoms with Crippen LogP contribution in [-0.4, -0.2) is 58.3 Å². The maximum absolute atomic E-state index is 13.0. The van der Waals surface area contributed by atoms with Crippen LogP contribution in [0.4, 0.5) is 0 Å². The Kier molecular flexibility index (Phi) is 10.2. The van der Waals surface area contributed by atoms with Crippen molar-refractivity contribution in [2.75, 3.05) is 13.2 Å². The number of nitrogens with zero attached hydrogens (tertiary/aromatic N) is 1. The molecule has 188 valence electrons. The van der Waals surface area contributed by atoms with E-state index in [0.717, 1.165) is 9.13 Å². The standard InChI is InChI=1S/C25H27Cl2IN2O5/c1-2-23(32)30(14-15-7-8-17(26)18(27)11-15)20-12-16(25(34)29-9-10-31)13-22(24(20)33)35-21-6-4-3-5-19(21)28/h3-8,11,13,20,22,24,31,33H,2,9-10,12,14H2,1H3,(H,29,34)/t20-,22+,24+/m1/s1. The molecule has 1 aliphatic rings. The maximum atomic E-state index is 13.0. The van der Waals surface area contributed by atoms with Crippen molar-refractivity contribution >= 4 is 57.6 Å². The number of nitrogens with one attached hydrogen (secondary N) is 1. The quantitative estimate of drug-likeness (QED) is 0.364. The van der Waals surface area contributed by atoms with Gasteiger partial charge in [0.1, 0.15) is 18.0 Å². The van der Waals surface area contributed by atoms with Gasteiger partial charge in [-0.15, -0.1) is 0 Å². The highest BCUT2D eigenvalue weighted by Gasteiger charge is 2.40. The molecule has 3 atom stereocenters. The highest BCUT2D eigenvalue weighted by molar-refractivity contribution is 14.1. The average molecular weight is 633 g/mol. The predicted molar refractivity (Wildman–Crippen MR) is 143 cm³/mol. The largest absolute Gasteiger partial charge is 0.482 e. The van der Waals surface area contributed by atoms with Crippen LogP contribution in [-0.2, 0) is 16.1 Å². The molecule has 7 nitrogen and oxygen atoms in total. The lowest BCUT2D eigenvalue weighted by atomic mass is 9.87. The zero-order valence-electron chi connectivity index (χ0n) is 19.1. The molecule has 0 radical (unpaired) electrons. The molecule has 2 aromatic rings. The summed E-state index contributed by atoms with van der Waals surface area (Å²) in [7, 11) is 0. The molecule has 2 amide bonds. The SMILES string of the molecule is CCC(=O)N(Cc1ccc(Cl)c(Cl)c1)[C@@H]1CC(C(=O)NCCO)=C[C@H](Oc2ccccc2I)[C@H]1O. The summed E-state index contributed by atoms with van der Waals surface area (Å²) in [5.41, 5.74) is 1.11. The first-order valence-corrected chi connectivity index (χ1v) is 13.0. The lowest BCUT2D eigenvalue weighted by Crippen LogP contribution is -2.54. The summed E-state index contributed by atoms with van der Waals surface area (Å²) < 4.78 is 6.97. The number of amides is 2. The smallest absolute Gasteiger partial charge is 0.247 e. The molecule has 0 heterocycles. The minimum atomic E-state index is -1.10. The molecule has 0 bridgehead atoms. The number of benzene rings is 2. The highest BCUT2D eigenvalue weighted by Crippen LogP contribution is 2.31. The average Bonchev–Trinajstić information content (AvgIpc) is 2.85. The zero-order chi connectivity index (χ0) is 25.5. The Morgan fingerprint density at radius 1 is 1.20 bits per heavy atom. The first kappa shape index (κ1) is 27.7. The van der Waals surface area contributed by atoms with E-state index in [0.29, 0.717) is 21.4 Å². The second-order valence-electron chi connectivity index (χ2n) is 8.07. The molecule has 0 aliphatic heterocycles. The third-order valence-electron chi connectivity index (χ3n) is 5.67. The Labute approximate surface area is 228 Å². The fourth-order valence-corrected chi connectivity index (χ4v) is 4.73. The van der Waals surface area contributed by atoms with Crippen LogP contribution in [0, 0.1) is 3.57 Å². The molecule has 35 heavy (non-hydrogen) atoms. The van der Waals surface area contributed by atoms with E-state index in [1.54, 1.807) is 42.2 Å². The number of rotatable bonds is 9.